The molecule has 0 radical (unpaired) electrons. The van der Waals surface area contributed by atoms with E-state index < -0.39 is 0 Å². The first-order valence-electron chi connectivity index (χ1n) is 19.1. The van der Waals surface area contributed by atoms with Crippen LogP contribution < -0.4 is 14.4 Å². The third-order valence-electron chi connectivity index (χ3n) is 12.0. The molecule has 1 atom stereocenters. The molecular formula is C51H38N2O2. The number of aromatic nitrogens is 1. The summed E-state index contributed by atoms with van der Waals surface area (Å²) in [4.78, 5) is 2.47. The third kappa shape index (κ3) is 4.91. The minimum atomic E-state index is 0.0115. The number of rotatable bonds is 5. The number of anilines is 2. The van der Waals surface area contributed by atoms with Gasteiger partial charge < -0.3 is 18.9 Å². The van der Waals surface area contributed by atoms with Gasteiger partial charge in [-0.1, -0.05) is 117 Å². The lowest BCUT2D eigenvalue weighted by Gasteiger charge is -2.36. The summed E-state index contributed by atoms with van der Waals surface area (Å²) in [5.74, 6) is 3.28. The normalized spacial score (nSPS) is 16.2. The fraction of sp³-hybridized carbons (Fsp3) is 0.0980. The molecule has 0 fully saturated rings. The molecule has 55 heavy (non-hydrogen) atoms. The lowest BCUT2D eigenvalue weighted by atomic mass is 9.74. The summed E-state index contributed by atoms with van der Waals surface area (Å²) >= 11 is 0. The number of allylic oxidation sites excluding steroid dienone is 4. The van der Waals surface area contributed by atoms with Gasteiger partial charge in [-0.2, -0.15) is 0 Å². The van der Waals surface area contributed by atoms with Gasteiger partial charge in [-0.25, -0.2) is 0 Å². The molecule has 264 valence electrons. The Bertz CT molecular complexity index is 2880. The molecule has 8 aromatic rings. The second-order valence-electron chi connectivity index (χ2n) is 15.4. The molecule has 0 saturated heterocycles. The second kappa shape index (κ2) is 12.1. The molecule has 4 nitrogen and oxygen atoms in total. The standard InChI is InChI=1S/C51H38N2O2/c1-51(2)43-18-8-6-15-39(43)40-29-27-37(32-44(40)51)52(36-28-30-46-42(31-36)41-16-7-9-19-45(41)53(46)34-13-4-3-5-14-34)35-25-23-33(24-26-35)38-17-12-22-49-50(38)55-48-21-11-10-20-47(48)54-49/h3-31,44H,32H2,1-2H3. The van der Waals surface area contributed by atoms with Gasteiger partial charge in [-0.15, -0.1) is 0 Å². The number of para-hydroxylation sites is 5. The van der Waals surface area contributed by atoms with Crippen molar-refractivity contribution in [3.63, 3.8) is 0 Å². The van der Waals surface area contributed by atoms with Crippen molar-refractivity contribution >= 4 is 38.8 Å². The van der Waals surface area contributed by atoms with E-state index in [1.165, 1.54) is 44.2 Å². The molecule has 7 aromatic carbocycles. The van der Waals surface area contributed by atoms with Gasteiger partial charge in [0.15, 0.2) is 23.0 Å². The highest BCUT2D eigenvalue weighted by Gasteiger charge is 2.44. The van der Waals surface area contributed by atoms with Crippen LogP contribution in [-0.2, 0) is 5.41 Å². The van der Waals surface area contributed by atoms with E-state index in [9.17, 15) is 0 Å². The first kappa shape index (κ1) is 31.7. The topological polar surface area (TPSA) is 26.6 Å². The molecule has 0 spiro atoms. The minimum absolute atomic E-state index is 0.0115. The van der Waals surface area contributed by atoms with E-state index in [1.54, 1.807) is 0 Å². The van der Waals surface area contributed by atoms with Crippen LogP contribution in [0.25, 0.3) is 44.2 Å². The summed E-state index contributed by atoms with van der Waals surface area (Å²) in [6.45, 7) is 4.82. The zero-order valence-electron chi connectivity index (χ0n) is 30.7. The number of fused-ring (bicyclic) bond motifs is 8. The zero-order valence-corrected chi connectivity index (χ0v) is 30.7. The van der Waals surface area contributed by atoms with Crippen LogP contribution in [0.5, 0.6) is 23.0 Å². The number of benzene rings is 7. The largest absolute Gasteiger partial charge is 0.449 e. The monoisotopic (exact) mass is 710 g/mol. The van der Waals surface area contributed by atoms with Crippen LogP contribution in [0, 0.1) is 5.92 Å². The van der Waals surface area contributed by atoms with Gasteiger partial charge in [0.05, 0.1) is 11.0 Å². The summed E-state index contributed by atoms with van der Waals surface area (Å²) < 4.78 is 15.1. The Balaban J connectivity index is 1.05. The molecule has 11 rings (SSSR count). The third-order valence-corrected chi connectivity index (χ3v) is 12.0. The van der Waals surface area contributed by atoms with E-state index in [0.29, 0.717) is 5.92 Å². The molecule has 2 heterocycles. The molecule has 0 N–H and O–H groups in total. The maximum atomic E-state index is 6.45. The molecule has 4 heteroatoms. The molecule has 3 aliphatic rings. The molecule has 0 bridgehead atoms. The Morgan fingerprint density at radius 2 is 1.24 bits per heavy atom. The van der Waals surface area contributed by atoms with E-state index in [0.717, 1.165) is 57.6 Å². The van der Waals surface area contributed by atoms with Crippen molar-refractivity contribution in [3.8, 4) is 39.8 Å². The van der Waals surface area contributed by atoms with E-state index >= 15 is 0 Å². The highest BCUT2D eigenvalue weighted by Crippen LogP contribution is 2.55. The molecular weight excluding hydrogens is 673 g/mol. The molecule has 0 saturated carbocycles. The van der Waals surface area contributed by atoms with Gasteiger partial charge >= 0.3 is 0 Å². The fourth-order valence-electron chi connectivity index (χ4n) is 9.26. The molecule has 2 aliphatic carbocycles. The minimum Gasteiger partial charge on any atom is -0.449 e. The van der Waals surface area contributed by atoms with Crippen molar-refractivity contribution in [2.75, 3.05) is 4.90 Å². The number of ether oxygens (including phenoxy) is 2. The Morgan fingerprint density at radius 3 is 2.09 bits per heavy atom. The Hall–Kier alpha value is -6.78. The van der Waals surface area contributed by atoms with Crippen molar-refractivity contribution in [2.45, 2.75) is 25.7 Å². The van der Waals surface area contributed by atoms with Gasteiger partial charge in [0.2, 0.25) is 0 Å². The summed E-state index contributed by atoms with van der Waals surface area (Å²) in [6.07, 6.45) is 5.66. The van der Waals surface area contributed by atoms with Gasteiger partial charge in [0, 0.05) is 39.1 Å². The average Bonchev–Trinajstić information content (AvgIpc) is 3.68. The van der Waals surface area contributed by atoms with Crippen LogP contribution in [0.2, 0.25) is 0 Å². The maximum absolute atomic E-state index is 6.45. The van der Waals surface area contributed by atoms with E-state index in [2.05, 4.69) is 163 Å². The van der Waals surface area contributed by atoms with Crippen molar-refractivity contribution in [1.82, 2.24) is 4.57 Å². The number of nitrogens with zero attached hydrogens (tertiary/aromatic N) is 2. The van der Waals surface area contributed by atoms with E-state index in [1.807, 2.05) is 36.4 Å². The SMILES string of the molecule is CC1(C)c2ccccc2C2=CC=C(N(c3ccc(-c4cccc5c4Oc4ccccc4O5)cc3)c3ccc4c(c3)c3ccccc3n4-c3ccccc3)CC21. The fourth-order valence-corrected chi connectivity index (χ4v) is 9.26. The smallest absolute Gasteiger partial charge is 0.177 e. The summed E-state index contributed by atoms with van der Waals surface area (Å²) in [6, 6.07) is 58.2. The summed E-state index contributed by atoms with van der Waals surface area (Å²) in [5, 5.41) is 2.47. The first-order chi connectivity index (χ1) is 27.0. The quantitative estimate of drug-likeness (QED) is 0.178. The highest BCUT2D eigenvalue weighted by molar-refractivity contribution is 6.10. The van der Waals surface area contributed by atoms with Crippen LogP contribution in [0.1, 0.15) is 31.4 Å². The van der Waals surface area contributed by atoms with Gasteiger partial charge in [0.25, 0.3) is 0 Å². The Morgan fingerprint density at radius 1 is 0.564 bits per heavy atom. The molecule has 1 aromatic heterocycles. The summed E-state index contributed by atoms with van der Waals surface area (Å²) in [5.41, 5.74) is 13.4. The van der Waals surface area contributed by atoms with Crippen LogP contribution in [0.3, 0.4) is 0 Å². The predicted molar refractivity (Wildman–Crippen MR) is 225 cm³/mol. The maximum Gasteiger partial charge on any atom is 0.177 e. The lowest BCUT2D eigenvalue weighted by Crippen LogP contribution is -2.28. The Labute approximate surface area is 320 Å². The van der Waals surface area contributed by atoms with Gasteiger partial charge in [-0.3, -0.25) is 0 Å². The van der Waals surface area contributed by atoms with E-state index in [-0.39, 0.29) is 5.41 Å². The molecule has 0 amide bonds. The van der Waals surface area contributed by atoms with Crippen molar-refractivity contribution in [2.24, 2.45) is 5.92 Å². The second-order valence-corrected chi connectivity index (χ2v) is 15.4. The highest BCUT2D eigenvalue weighted by atomic mass is 16.6. The van der Waals surface area contributed by atoms with E-state index in [4.69, 9.17) is 9.47 Å². The van der Waals surface area contributed by atoms with Crippen LogP contribution in [0.15, 0.2) is 182 Å². The first-order valence-corrected chi connectivity index (χ1v) is 19.1. The lowest BCUT2D eigenvalue weighted by molar-refractivity contribution is 0.361. The van der Waals surface area contributed by atoms with Crippen LogP contribution >= 0.6 is 0 Å². The zero-order chi connectivity index (χ0) is 36.7. The van der Waals surface area contributed by atoms with Crippen LogP contribution in [-0.4, -0.2) is 4.57 Å². The predicted octanol–water partition coefficient (Wildman–Crippen LogP) is 13.8. The van der Waals surface area contributed by atoms with Crippen molar-refractivity contribution < 1.29 is 9.47 Å². The Kier molecular flexibility index (Phi) is 6.99. The number of hydrogen-bond acceptors (Lipinski definition) is 3. The summed E-state index contributed by atoms with van der Waals surface area (Å²) in [7, 11) is 0. The van der Waals surface area contributed by atoms with Gasteiger partial charge in [-0.05, 0) is 113 Å². The van der Waals surface area contributed by atoms with Crippen molar-refractivity contribution in [1.29, 1.82) is 0 Å². The molecule has 1 unspecified atom stereocenters. The molecule has 1 aliphatic heterocycles. The number of hydrogen-bond donors (Lipinski definition) is 0. The average molecular weight is 711 g/mol. The van der Waals surface area contributed by atoms with Gasteiger partial charge in [0.1, 0.15) is 0 Å². The van der Waals surface area contributed by atoms with Crippen LogP contribution in [0.4, 0.5) is 11.4 Å². The van der Waals surface area contributed by atoms with Crippen molar-refractivity contribution in [3.05, 3.63) is 193 Å².